The van der Waals surface area contributed by atoms with Crippen LogP contribution in [0.25, 0.3) is 22.0 Å². The molecule has 2 aromatic heterocycles. The second kappa shape index (κ2) is 9.65. The fraction of sp³-hybridized carbons (Fsp3) is 0.280. The number of hydrogen-bond donors (Lipinski definition) is 1. The predicted octanol–water partition coefficient (Wildman–Crippen LogP) is 5.21. The normalized spacial score (nSPS) is 14.2. The van der Waals surface area contributed by atoms with Crippen molar-refractivity contribution in [2.75, 3.05) is 7.11 Å². The van der Waals surface area contributed by atoms with Crippen LogP contribution in [0, 0.1) is 5.82 Å². The highest BCUT2D eigenvalue weighted by Crippen LogP contribution is 2.40. The van der Waals surface area contributed by atoms with E-state index < -0.39 is 23.9 Å². The number of aromatic nitrogens is 4. The predicted molar refractivity (Wildman–Crippen MR) is 126 cm³/mol. The van der Waals surface area contributed by atoms with Gasteiger partial charge in [-0.25, -0.2) is 14.1 Å². The van der Waals surface area contributed by atoms with E-state index in [2.05, 4.69) is 20.5 Å². The van der Waals surface area contributed by atoms with Crippen LogP contribution in [0.3, 0.4) is 0 Å². The lowest BCUT2D eigenvalue weighted by Crippen LogP contribution is -2.42. The molecular formula is C25H23F4N5O2. The zero-order valence-corrected chi connectivity index (χ0v) is 19.7. The number of rotatable bonds is 7. The van der Waals surface area contributed by atoms with Crippen molar-refractivity contribution in [3.63, 3.8) is 0 Å². The maximum atomic E-state index is 13.5. The highest BCUT2D eigenvalue weighted by molar-refractivity contribution is 6.03. The van der Waals surface area contributed by atoms with Crippen LogP contribution >= 0.6 is 0 Å². The van der Waals surface area contributed by atoms with Gasteiger partial charge in [0, 0.05) is 5.39 Å². The van der Waals surface area contributed by atoms with Gasteiger partial charge in [-0.1, -0.05) is 41.6 Å². The first kappa shape index (κ1) is 25.2. The number of halogens is 4. The van der Waals surface area contributed by atoms with Gasteiger partial charge in [-0.15, -0.1) is 5.10 Å². The van der Waals surface area contributed by atoms with Crippen LogP contribution < -0.4 is 0 Å². The summed E-state index contributed by atoms with van der Waals surface area (Å²) in [5.41, 5.74) is 0.291. The summed E-state index contributed by atoms with van der Waals surface area (Å²) in [6.07, 6.45) is -4.39. The molecular weight excluding hydrogens is 478 g/mol. The minimum atomic E-state index is -4.88. The number of alkyl halides is 3. The van der Waals surface area contributed by atoms with Gasteiger partial charge in [-0.3, -0.25) is 0 Å². The second-order valence-electron chi connectivity index (χ2n) is 8.29. The third-order valence-electron chi connectivity index (χ3n) is 5.92. The number of fused-ring (bicyclic) bond motifs is 1. The summed E-state index contributed by atoms with van der Waals surface area (Å²) in [7, 11) is 1.42. The van der Waals surface area contributed by atoms with Crippen LogP contribution in [0.15, 0.2) is 59.9 Å². The van der Waals surface area contributed by atoms with E-state index in [0.717, 1.165) is 22.7 Å². The summed E-state index contributed by atoms with van der Waals surface area (Å²) in [6, 6.07) is 13.3. The summed E-state index contributed by atoms with van der Waals surface area (Å²) in [5, 5.41) is 22.2. The van der Waals surface area contributed by atoms with Gasteiger partial charge in [0.25, 0.3) is 0 Å². The average Bonchev–Trinajstić information content (AvgIpc) is 3.31. The molecule has 1 N–H and O–H groups in total. The van der Waals surface area contributed by atoms with Crippen molar-refractivity contribution < 1.29 is 27.5 Å². The summed E-state index contributed by atoms with van der Waals surface area (Å²) < 4.78 is 54.9. The van der Waals surface area contributed by atoms with Crippen molar-refractivity contribution in [3.05, 3.63) is 77.5 Å². The summed E-state index contributed by atoms with van der Waals surface area (Å²) in [6.45, 7) is 3.07. The minimum Gasteiger partial charge on any atom is -0.399 e. The monoisotopic (exact) mass is 501 g/mol. The van der Waals surface area contributed by atoms with E-state index in [1.54, 1.807) is 31.2 Å². The maximum absolute atomic E-state index is 13.5. The van der Waals surface area contributed by atoms with E-state index in [1.165, 1.54) is 30.8 Å². The molecule has 0 spiro atoms. The number of oxime groups is 1. The van der Waals surface area contributed by atoms with Gasteiger partial charge in [-0.05, 0) is 54.3 Å². The van der Waals surface area contributed by atoms with Crippen molar-refractivity contribution in [1.82, 2.24) is 20.0 Å². The topological polar surface area (TPSA) is 85.4 Å². The largest absolute Gasteiger partial charge is 0.423 e. The van der Waals surface area contributed by atoms with Crippen molar-refractivity contribution in [2.24, 2.45) is 5.16 Å². The lowest BCUT2D eigenvalue weighted by atomic mass is 9.96. The Balaban J connectivity index is 1.75. The molecule has 0 aliphatic heterocycles. The highest BCUT2D eigenvalue weighted by Gasteiger charge is 2.55. The lowest BCUT2D eigenvalue weighted by Gasteiger charge is -2.26. The SMILES string of the molecule is CCC(O)(c1cn(Cc2ccc3c(-c4ccc(F)cc4)cc(C(C)=NOC)nc3c2)nn1)C(F)(F)F. The van der Waals surface area contributed by atoms with E-state index in [1.807, 2.05) is 12.1 Å². The number of pyridine rings is 1. The maximum Gasteiger partial charge on any atom is 0.423 e. The van der Waals surface area contributed by atoms with E-state index in [-0.39, 0.29) is 12.4 Å². The third kappa shape index (κ3) is 4.78. The number of benzene rings is 2. The van der Waals surface area contributed by atoms with E-state index in [9.17, 15) is 22.7 Å². The first-order chi connectivity index (χ1) is 17.1. The smallest absolute Gasteiger partial charge is 0.399 e. The molecule has 0 aliphatic rings. The third-order valence-corrected chi connectivity index (χ3v) is 5.92. The summed E-state index contributed by atoms with van der Waals surface area (Å²) >= 11 is 0. The molecule has 11 heteroatoms. The highest BCUT2D eigenvalue weighted by atomic mass is 19.4. The Morgan fingerprint density at radius 1 is 1.11 bits per heavy atom. The van der Waals surface area contributed by atoms with Crippen LogP contribution in [0.4, 0.5) is 17.6 Å². The Morgan fingerprint density at radius 2 is 1.83 bits per heavy atom. The van der Waals surface area contributed by atoms with Gasteiger partial charge in [0.15, 0.2) is 0 Å². The van der Waals surface area contributed by atoms with Gasteiger partial charge in [0.2, 0.25) is 5.60 Å². The van der Waals surface area contributed by atoms with E-state index in [4.69, 9.17) is 4.84 Å². The number of hydrogen-bond acceptors (Lipinski definition) is 6. The van der Waals surface area contributed by atoms with Gasteiger partial charge >= 0.3 is 6.18 Å². The molecule has 0 amide bonds. The second-order valence-corrected chi connectivity index (χ2v) is 8.29. The molecule has 2 aromatic carbocycles. The van der Waals surface area contributed by atoms with Crippen LogP contribution in [0.1, 0.15) is 37.2 Å². The van der Waals surface area contributed by atoms with Crippen LogP contribution in [-0.2, 0) is 17.0 Å². The van der Waals surface area contributed by atoms with Crippen molar-refractivity contribution in [1.29, 1.82) is 0 Å². The molecule has 1 atom stereocenters. The summed E-state index contributed by atoms with van der Waals surface area (Å²) in [4.78, 5) is 9.55. The fourth-order valence-electron chi connectivity index (χ4n) is 3.89. The molecule has 4 aromatic rings. The van der Waals surface area contributed by atoms with E-state index in [0.29, 0.717) is 22.5 Å². The Morgan fingerprint density at radius 3 is 2.47 bits per heavy atom. The Hall–Kier alpha value is -3.86. The Kier molecular flexibility index (Phi) is 6.77. The standard InChI is InChI=1S/C25H23F4N5O2/c1-4-24(35,25(27,28)29)23-14-34(33-31-23)13-16-5-10-19-20(17-6-8-18(26)9-7-17)12-21(15(2)32-36-3)30-22(19)11-16/h5-12,14,35H,4,13H2,1-3H3. The molecule has 1 unspecified atom stereocenters. The zero-order valence-electron chi connectivity index (χ0n) is 19.7. The molecule has 0 aliphatic carbocycles. The zero-order chi connectivity index (χ0) is 26.1. The average molecular weight is 501 g/mol. The molecule has 7 nitrogen and oxygen atoms in total. The minimum absolute atomic E-state index is 0.101. The fourth-order valence-corrected chi connectivity index (χ4v) is 3.89. The first-order valence-corrected chi connectivity index (χ1v) is 11.0. The molecule has 0 saturated heterocycles. The van der Waals surface area contributed by atoms with Crippen molar-refractivity contribution >= 4 is 16.6 Å². The first-order valence-electron chi connectivity index (χ1n) is 11.0. The van der Waals surface area contributed by atoms with E-state index >= 15 is 0 Å². The molecule has 0 fully saturated rings. The Bertz CT molecular complexity index is 1420. The van der Waals surface area contributed by atoms with Crippen molar-refractivity contribution in [2.45, 2.75) is 38.6 Å². The quantitative estimate of drug-likeness (QED) is 0.214. The van der Waals surface area contributed by atoms with Gasteiger partial charge in [-0.2, -0.15) is 13.2 Å². The number of nitrogens with zero attached hydrogens (tertiary/aromatic N) is 5. The van der Waals surface area contributed by atoms with Crippen LogP contribution in [0.2, 0.25) is 0 Å². The lowest BCUT2D eigenvalue weighted by molar-refractivity contribution is -0.269. The Labute approximate surface area is 204 Å². The summed E-state index contributed by atoms with van der Waals surface area (Å²) in [5.74, 6) is -0.357. The molecule has 188 valence electrons. The molecule has 4 rings (SSSR count). The molecule has 0 bridgehead atoms. The van der Waals surface area contributed by atoms with Crippen LogP contribution in [0.5, 0.6) is 0 Å². The van der Waals surface area contributed by atoms with Gasteiger partial charge in [0.05, 0.1) is 24.0 Å². The molecule has 0 saturated carbocycles. The molecule has 36 heavy (non-hydrogen) atoms. The molecule has 0 radical (unpaired) electrons. The van der Waals surface area contributed by atoms with Gasteiger partial charge < -0.3 is 9.94 Å². The van der Waals surface area contributed by atoms with Gasteiger partial charge in [0.1, 0.15) is 24.3 Å². The number of aliphatic hydroxyl groups is 1. The van der Waals surface area contributed by atoms with Crippen molar-refractivity contribution in [3.8, 4) is 11.1 Å². The van der Waals surface area contributed by atoms with Crippen LogP contribution in [-0.4, -0.2) is 44.1 Å². The molecule has 2 heterocycles.